The summed E-state index contributed by atoms with van der Waals surface area (Å²) >= 11 is 1.91. The third-order valence-electron chi connectivity index (χ3n) is 4.99. The van der Waals surface area contributed by atoms with Gasteiger partial charge in [-0.25, -0.2) is 0 Å². The first-order valence-electron chi connectivity index (χ1n) is 9.55. The van der Waals surface area contributed by atoms with Crippen molar-refractivity contribution in [3.05, 3.63) is 34.4 Å². The Kier molecular flexibility index (Phi) is 7.54. The van der Waals surface area contributed by atoms with E-state index in [2.05, 4.69) is 38.7 Å². The van der Waals surface area contributed by atoms with Gasteiger partial charge in [0.2, 0.25) is 0 Å². The van der Waals surface area contributed by atoms with Crippen LogP contribution in [0.5, 0.6) is 5.75 Å². The van der Waals surface area contributed by atoms with E-state index in [1.165, 1.54) is 46.7 Å². The van der Waals surface area contributed by atoms with E-state index in [0.29, 0.717) is 5.75 Å². The third kappa shape index (κ3) is 4.95. The van der Waals surface area contributed by atoms with Gasteiger partial charge < -0.3 is 10.0 Å². The zero-order valence-electron chi connectivity index (χ0n) is 15.8. The summed E-state index contributed by atoms with van der Waals surface area (Å²) in [7, 11) is 0. The van der Waals surface area contributed by atoms with E-state index >= 15 is 0 Å². The minimum Gasteiger partial charge on any atom is -0.508 e. The van der Waals surface area contributed by atoms with Crippen molar-refractivity contribution in [2.75, 3.05) is 13.1 Å². The highest BCUT2D eigenvalue weighted by atomic mass is 32.2. The van der Waals surface area contributed by atoms with Crippen molar-refractivity contribution in [1.29, 1.82) is 0 Å². The average molecular weight is 348 g/mol. The Labute approximate surface area is 152 Å². The van der Waals surface area contributed by atoms with Crippen molar-refractivity contribution in [1.82, 2.24) is 4.90 Å². The molecule has 1 atom stereocenters. The van der Waals surface area contributed by atoms with Gasteiger partial charge in [-0.1, -0.05) is 45.9 Å². The van der Waals surface area contributed by atoms with Gasteiger partial charge in [0.1, 0.15) is 5.75 Å². The molecule has 1 aliphatic rings. The number of phenols is 1. The minimum absolute atomic E-state index is 0.382. The van der Waals surface area contributed by atoms with Gasteiger partial charge in [0.15, 0.2) is 0 Å². The highest BCUT2D eigenvalue weighted by Gasteiger charge is 2.22. The van der Waals surface area contributed by atoms with Crippen LogP contribution in [0.4, 0.5) is 0 Å². The van der Waals surface area contributed by atoms with Crippen molar-refractivity contribution in [2.24, 2.45) is 5.92 Å². The molecule has 0 saturated carbocycles. The lowest BCUT2D eigenvalue weighted by Gasteiger charge is -2.32. The standard InChI is InChI=1S/C21H33NOS/c1-5-12-22(13-8-9-16(4)6-2)21-17(7-3)14-18-15-19(23)10-11-20(18)24-21/h10-11,15-16,23H,5-9,12-14H2,1-4H3. The van der Waals surface area contributed by atoms with Crippen LogP contribution in [0.2, 0.25) is 0 Å². The van der Waals surface area contributed by atoms with Crippen LogP contribution < -0.4 is 0 Å². The quantitative estimate of drug-likeness (QED) is 0.575. The number of phenolic OH excluding ortho intramolecular Hbond substituents is 1. The maximum absolute atomic E-state index is 9.76. The maximum atomic E-state index is 9.76. The number of benzene rings is 1. The van der Waals surface area contributed by atoms with Crippen molar-refractivity contribution >= 4 is 11.8 Å². The molecule has 2 nitrogen and oxygen atoms in total. The molecule has 0 amide bonds. The average Bonchev–Trinajstić information content (AvgIpc) is 2.59. The molecule has 1 aliphatic heterocycles. The lowest BCUT2D eigenvalue weighted by Crippen LogP contribution is -2.27. The molecule has 3 heteroatoms. The Bertz CT molecular complexity index is 567. The normalized spacial score (nSPS) is 15.3. The molecule has 0 spiro atoms. The Balaban J connectivity index is 2.14. The minimum atomic E-state index is 0.382. The van der Waals surface area contributed by atoms with E-state index in [1.807, 2.05) is 23.9 Å². The van der Waals surface area contributed by atoms with Crippen molar-refractivity contribution in [3.63, 3.8) is 0 Å². The summed E-state index contributed by atoms with van der Waals surface area (Å²) in [6, 6.07) is 5.82. The van der Waals surface area contributed by atoms with Crippen molar-refractivity contribution < 1.29 is 5.11 Å². The first kappa shape index (κ1) is 19.2. The molecule has 134 valence electrons. The largest absolute Gasteiger partial charge is 0.508 e. The van der Waals surface area contributed by atoms with Crippen molar-refractivity contribution in [3.8, 4) is 5.75 Å². The second-order valence-electron chi connectivity index (χ2n) is 6.98. The Morgan fingerprint density at radius 1 is 1.21 bits per heavy atom. The molecule has 1 heterocycles. The molecule has 0 saturated heterocycles. The number of rotatable bonds is 9. The molecule has 0 radical (unpaired) electrons. The second-order valence-corrected chi connectivity index (χ2v) is 8.01. The number of hydrogen-bond donors (Lipinski definition) is 1. The summed E-state index contributed by atoms with van der Waals surface area (Å²) in [5.74, 6) is 1.21. The molecular formula is C21H33NOS. The van der Waals surface area contributed by atoms with Crippen LogP contribution in [0.1, 0.15) is 65.4 Å². The molecule has 2 rings (SSSR count). The highest BCUT2D eigenvalue weighted by molar-refractivity contribution is 8.03. The number of fused-ring (bicyclic) bond motifs is 1. The fourth-order valence-electron chi connectivity index (χ4n) is 3.27. The summed E-state index contributed by atoms with van der Waals surface area (Å²) < 4.78 is 0. The SMILES string of the molecule is CCCN(CCCC(C)CC)C1=C(CC)Cc2cc(O)ccc2S1. The summed E-state index contributed by atoms with van der Waals surface area (Å²) in [6.45, 7) is 11.5. The lowest BCUT2D eigenvalue weighted by molar-refractivity contribution is 0.336. The molecule has 1 aromatic carbocycles. The van der Waals surface area contributed by atoms with E-state index in [-0.39, 0.29) is 0 Å². The highest BCUT2D eigenvalue weighted by Crippen LogP contribution is 2.42. The van der Waals surface area contributed by atoms with Gasteiger partial charge in [-0.3, -0.25) is 0 Å². The van der Waals surface area contributed by atoms with E-state index in [4.69, 9.17) is 0 Å². The van der Waals surface area contributed by atoms with Gasteiger partial charge in [0, 0.05) is 18.0 Å². The number of thioether (sulfide) groups is 1. The van der Waals surface area contributed by atoms with Crippen molar-refractivity contribution in [2.45, 2.75) is 71.1 Å². The van der Waals surface area contributed by atoms with Crippen LogP contribution in [0.3, 0.4) is 0 Å². The number of allylic oxidation sites excluding steroid dienone is 1. The zero-order chi connectivity index (χ0) is 17.5. The molecule has 0 bridgehead atoms. The van der Waals surface area contributed by atoms with E-state index in [9.17, 15) is 5.11 Å². The van der Waals surface area contributed by atoms with Crippen LogP contribution in [-0.4, -0.2) is 23.1 Å². The van der Waals surface area contributed by atoms with E-state index in [0.717, 1.165) is 31.8 Å². The topological polar surface area (TPSA) is 23.5 Å². The molecule has 0 aromatic heterocycles. The molecule has 1 N–H and O–H groups in total. The van der Waals surface area contributed by atoms with Crippen LogP contribution in [0.25, 0.3) is 0 Å². The van der Waals surface area contributed by atoms with Crippen LogP contribution in [0.15, 0.2) is 33.7 Å². The van der Waals surface area contributed by atoms with Gasteiger partial charge in [0.25, 0.3) is 0 Å². The monoisotopic (exact) mass is 347 g/mol. The summed E-state index contributed by atoms with van der Waals surface area (Å²) in [5, 5.41) is 11.2. The predicted octanol–water partition coefficient (Wildman–Crippen LogP) is 6.20. The van der Waals surface area contributed by atoms with Gasteiger partial charge >= 0.3 is 0 Å². The first-order valence-corrected chi connectivity index (χ1v) is 10.4. The number of aromatic hydroxyl groups is 1. The molecule has 1 aromatic rings. The smallest absolute Gasteiger partial charge is 0.115 e. The van der Waals surface area contributed by atoms with Gasteiger partial charge in [0.05, 0.1) is 5.03 Å². The van der Waals surface area contributed by atoms with Gasteiger partial charge in [-0.15, -0.1) is 0 Å². The number of nitrogens with zero attached hydrogens (tertiary/aromatic N) is 1. The number of hydrogen-bond acceptors (Lipinski definition) is 3. The Hall–Kier alpha value is -1.09. The van der Waals surface area contributed by atoms with Crippen LogP contribution >= 0.6 is 11.8 Å². The molecule has 24 heavy (non-hydrogen) atoms. The summed E-state index contributed by atoms with van der Waals surface area (Å²) in [6.07, 6.45) is 7.13. The third-order valence-corrected chi connectivity index (χ3v) is 6.34. The van der Waals surface area contributed by atoms with Gasteiger partial charge in [-0.05, 0) is 67.4 Å². The molecule has 0 aliphatic carbocycles. The summed E-state index contributed by atoms with van der Waals surface area (Å²) in [5.41, 5.74) is 2.80. The maximum Gasteiger partial charge on any atom is 0.115 e. The van der Waals surface area contributed by atoms with Gasteiger partial charge in [-0.2, -0.15) is 0 Å². The fraction of sp³-hybridized carbons (Fsp3) is 0.619. The van der Waals surface area contributed by atoms with Crippen LogP contribution in [-0.2, 0) is 6.42 Å². The predicted molar refractivity (Wildman–Crippen MR) is 106 cm³/mol. The van der Waals surface area contributed by atoms with Crippen LogP contribution in [0, 0.1) is 5.92 Å². The first-order chi connectivity index (χ1) is 11.6. The molecule has 0 fully saturated rings. The Morgan fingerprint density at radius 2 is 2.00 bits per heavy atom. The summed E-state index contributed by atoms with van der Waals surface area (Å²) in [4.78, 5) is 3.92. The zero-order valence-corrected chi connectivity index (χ0v) is 16.6. The lowest BCUT2D eigenvalue weighted by atomic mass is 10.0. The Morgan fingerprint density at radius 3 is 2.67 bits per heavy atom. The van der Waals surface area contributed by atoms with E-state index < -0.39 is 0 Å². The molecule has 1 unspecified atom stereocenters. The fourth-order valence-corrected chi connectivity index (χ4v) is 4.55. The van der Waals surface area contributed by atoms with E-state index in [1.54, 1.807) is 0 Å². The molecular weight excluding hydrogens is 314 g/mol. The second kappa shape index (κ2) is 9.41.